The van der Waals surface area contributed by atoms with E-state index in [-0.39, 0.29) is 11.2 Å². The Balaban J connectivity index is 2.13. The minimum Gasteiger partial charge on any atom is -0.383 e. The second kappa shape index (κ2) is 5.55. The van der Waals surface area contributed by atoms with Gasteiger partial charge in [-0.1, -0.05) is 12.1 Å². The number of hydrogen-bond acceptors (Lipinski definition) is 6. The molecule has 0 radical (unpaired) electrons. The highest BCUT2D eigenvalue weighted by Gasteiger charge is 2.23. The molecule has 1 aromatic carbocycles. The van der Waals surface area contributed by atoms with Crippen LogP contribution in [0.3, 0.4) is 0 Å². The van der Waals surface area contributed by atoms with Crippen molar-refractivity contribution in [3.8, 4) is 0 Å². The molecule has 0 fully saturated rings. The highest BCUT2D eigenvalue weighted by Crippen LogP contribution is 2.28. The molecule has 2 N–H and O–H groups in total. The topological polar surface area (TPSA) is 113 Å². The minimum atomic E-state index is -0.410. The summed E-state index contributed by atoms with van der Waals surface area (Å²) >= 11 is 0. The van der Waals surface area contributed by atoms with Crippen LogP contribution in [0.5, 0.6) is 0 Å². The van der Waals surface area contributed by atoms with Gasteiger partial charge in [0.05, 0.1) is 21.5 Å². The zero-order valence-corrected chi connectivity index (χ0v) is 13.7. The molecule has 0 unspecified atom stereocenters. The van der Waals surface area contributed by atoms with Gasteiger partial charge in [-0.2, -0.15) is 5.10 Å². The van der Waals surface area contributed by atoms with E-state index >= 15 is 0 Å². The molecule has 0 saturated carbocycles. The van der Waals surface area contributed by atoms with Crippen molar-refractivity contribution in [2.24, 2.45) is 0 Å². The molecule has 0 amide bonds. The lowest BCUT2D eigenvalue weighted by atomic mass is 10.1. The van der Waals surface area contributed by atoms with Crippen molar-refractivity contribution in [3.63, 3.8) is 0 Å². The Morgan fingerprint density at radius 2 is 2.04 bits per heavy atom. The monoisotopic (exact) mass is 326 g/mol. The zero-order valence-electron chi connectivity index (χ0n) is 13.7. The molecule has 8 nitrogen and oxygen atoms in total. The number of nitro groups is 1. The molecule has 0 spiro atoms. The first-order chi connectivity index (χ1) is 11.3. The Morgan fingerprint density at radius 3 is 2.71 bits per heavy atom. The van der Waals surface area contributed by atoms with Gasteiger partial charge in [-0.15, -0.1) is 0 Å². The molecule has 3 aromatic rings. The molecule has 0 aliphatic rings. The number of aromatic nitrogens is 4. The maximum atomic E-state index is 11.0. The van der Waals surface area contributed by atoms with Gasteiger partial charge in [-0.05, 0) is 26.3 Å². The molecule has 0 bridgehead atoms. The number of non-ortho nitro benzene ring substituents is 1. The number of rotatable bonds is 3. The summed E-state index contributed by atoms with van der Waals surface area (Å²) in [5.41, 5.74) is 7.96. The van der Waals surface area contributed by atoms with Gasteiger partial charge in [0.2, 0.25) is 0 Å². The Bertz CT molecular complexity index is 926. The Labute approximate surface area is 138 Å². The first kappa shape index (κ1) is 15.9. The van der Waals surface area contributed by atoms with E-state index in [1.165, 1.54) is 12.4 Å². The maximum Gasteiger partial charge on any atom is 0.269 e. The third kappa shape index (κ3) is 2.78. The number of anilines is 1. The van der Waals surface area contributed by atoms with E-state index in [1.807, 2.05) is 31.5 Å². The fourth-order valence-corrected chi connectivity index (χ4v) is 2.61. The average molecular weight is 326 g/mol. The van der Waals surface area contributed by atoms with Crippen molar-refractivity contribution in [2.45, 2.75) is 32.7 Å². The van der Waals surface area contributed by atoms with Crippen LogP contribution in [0, 0.1) is 10.1 Å². The van der Waals surface area contributed by atoms with Gasteiger partial charge in [0.15, 0.2) is 5.65 Å². The lowest BCUT2D eigenvalue weighted by Gasteiger charge is -2.19. The molecule has 0 atom stereocenters. The first-order valence-corrected chi connectivity index (χ1v) is 7.49. The van der Waals surface area contributed by atoms with Crippen LogP contribution in [-0.2, 0) is 12.0 Å². The fourth-order valence-electron chi connectivity index (χ4n) is 2.61. The van der Waals surface area contributed by atoms with Gasteiger partial charge >= 0.3 is 0 Å². The van der Waals surface area contributed by atoms with Gasteiger partial charge in [-0.3, -0.25) is 10.1 Å². The van der Waals surface area contributed by atoms with E-state index in [0.29, 0.717) is 29.0 Å². The number of nitrogens with zero attached hydrogens (tertiary/aromatic N) is 5. The third-order valence-electron chi connectivity index (χ3n) is 3.69. The number of hydrogen-bond donors (Lipinski definition) is 1. The highest BCUT2D eigenvalue weighted by atomic mass is 16.6. The summed E-state index contributed by atoms with van der Waals surface area (Å²) in [4.78, 5) is 18.9. The lowest BCUT2D eigenvalue weighted by molar-refractivity contribution is -0.384. The number of nitrogen functional groups attached to an aromatic ring is 1. The maximum absolute atomic E-state index is 11.0. The lowest BCUT2D eigenvalue weighted by Crippen LogP contribution is -2.23. The smallest absolute Gasteiger partial charge is 0.269 e. The Kier molecular flexibility index (Phi) is 3.67. The van der Waals surface area contributed by atoms with Crippen LogP contribution in [0.2, 0.25) is 0 Å². The second-order valence-corrected chi connectivity index (χ2v) is 6.59. The van der Waals surface area contributed by atoms with Crippen molar-refractivity contribution in [1.29, 1.82) is 0 Å². The van der Waals surface area contributed by atoms with Gasteiger partial charge < -0.3 is 5.73 Å². The molecular formula is C16H18N6O2. The summed E-state index contributed by atoms with van der Waals surface area (Å²) in [5, 5.41) is 16.3. The molecule has 0 aliphatic heterocycles. The van der Waals surface area contributed by atoms with Crippen LogP contribution in [0.15, 0.2) is 30.6 Å². The summed E-state index contributed by atoms with van der Waals surface area (Å²) in [7, 11) is 0. The highest BCUT2D eigenvalue weighted by molar-refractivity contribution is 5.88. The minimum absolute atomic E-state index is 0.0521. The van der Waals surface area contributed by atoms with Crippen molar-refractivity contribution in [3.05, 3.63) is 52.0 Å². The van der Waals surface area contributed by atoms with Crippen LogP contribution < -0.4 is 5.73 Å². The van der Waals surface area contributed by atoms with Crippen LogP contribution in [-0.4, -0.2) is 24.7 Å². The fraction of sp³-hybridized carbons (Fsp3) is 0.312. The zero-order chi connectivity index (χ0) is 17.5. The molecule has 2 heterocycles. The van der Waals surface area contributed by atoms with E-state index in [1.54, 1.807) is 12.1 Å². The average Bonchev–Trinajstić information content (AvgIpc) is 2.88. The predicted octanol–water partition coefficient (Wildman–Crippen LogP) is 2.66. The number of nitrogens with two attached hydrogens (primary N) is 1. The third-order valence-corrected chi connectivity index (χ3v) is 3.69. The second-order valence-electron chi connectivity index (χ2n) is 6.59. The summed E-state index contributed by atoms with van der Waals surface area (Å²) in [6.45, 7) is 6.07. The molecule has 3 rings (SSSR count). The van der Waals surface area contributed by atoms with Gasteiger partial charge in [0.25, 0.3) is 5.69 Å². The van der Waals surface area contributed by atoms with E-state index < -0.39 is 4.92 Å². The van der Waals surface area contributed by atoms with Crippen molar-refractivity contribution < 1.29 is 4.92 Å². The summed E-state index contributed by atoms with van der Waals surface area (Å²) in [5.74, 6) is 0.357. The molecule has 0 aliphatic carbocycles. The van der Waals surface area contributed by atoms with Crippen LogP contribution in [0.4, 0.5) is 11.5 Å². The number of benzene rings is 1. The Hall–Kier alpha value is -3.03. The quantitative estimate of drug-likeness (QED) is 0.585. The molecule has 0 saturated heterocycles. The largest absolute Gasteiger partial charge is 0.383 e. The van der Waals surface area contributed by atoms with Gasteiger partial charge in [-0.25, -0.2) is 14.6 Å². The normalized spacial score (nSPS) is 11.8. The molecule has 8 heteroatoms. The van der Waals surface area contributed by atoms with E-state index in [4.69, 9.17) is 5.73 Å². The summed E-state index contributed by atoms with van der Waals surface area (Å²) < 4.78 is 1.81. The Morgan fingerprint density at radius 1 is 1.29 bits per heavy atom. The SMILES string of the molecule is CC(C)(C)n1nc(Cc2cccc([N+](=O)[O-])c2)c2c(N)ncnc21. The molecule has 2 aromatic heterocycles. The predicted molar refractivity (Wildman–Crippen MR) is 90.6 cm³/mol. The number of fused-ring (bicyclic) bond motifs is 1. The van der Waals surface area contributed by atoms with E-state index in [2.05, 4.69) is 15.1 Å². The van der Waals surface area contributed by atoms with Crippen molar-refractivity contribution in [1.82, 2.24) is 19.7 Å². The molecule has 24 heavy (non-hydrogen) atoms. The molecular weight excluding hydrogens is 308 g/mol. The molecule has 124 valence electrons. The van der Waals surface area contributed by atoms with Crippen molar-refractivity contribution in [2.75, 3.05) is 5.73 Å². The van der Waals surface area contributed by atoms with Gasteiger partial charge in [0, 0.05) is 18.6 Å². The van der Waals surface area contributed by atoms with Crippen LogP contribution in [0.1, 0.15) is 32.0 Å². The number of nitro benzene ring substituents is 1. The van der Waals surface area contributed by atoms with Crippen LogP contribution in [0.25, 0.3) is 11.0 Å². The summed E-state index contributed by atoms with van der Waals surface area (Å²) in [6, 6.07) is 6.50. The van der Waals surface area contributed by atoms with Crippen LogP contribution >= 0.6 is 0 Å². The standard InChI is InChI=1S/C16H18N6O2/c1-16(2,3)21-15-13(14(17)18-9-19-15)12(20-21)8-10-5-4-6-11(7-10)22(23)24/h4-7,9H,8H2,1-3H3,(H2,17,18,19). The van der Waals surface area contributed by atoms with Gasteiger partial charge in [0.1, 0.15) is 12.1 Å². The first-order valence-electron chi connectivity index (χ1n) is 7.49. The summed E-state index contributed by atoms with van der Waals surface area (Å²) in [6.07, 6.45) is 1.83. The van der Waals surface area contributed by atoms with E-state index in [0.717, 1.165) is 5.56 Å². The van der Waals surface area contributed by atoms with E-state index in [9.17, 15) is 10.1 Å². The van der Waals surface area contributed by atoms with Crippen molar-refractivity contribution >= 4 is 22.5 Å².